The average Bonchev–Trinajstić information content (AvgIpc) is 2.88. The van der Waals surface area contributed by atoms with Crippen LogP contribution >= 0.6 is 9.39 Å². The summed E-state index contributed by atoms with van der Waals surface area (Å²) >= 11 is 0. The van der Waals surface area contributed by atoms with E-state index in [9.17, 15) is 0 Å². The summed E-state index contributed by atoms with van der Waals surface area (Å²) in [7, 11) is 2.63. The Morgan fingerprint density at radius 3 is 3.07 bits per heavy atom. The molecule has 0 aromatic carbocycles. The van der Waals surface area contributed by atoms with Crippen LogP contribution in [-0.4, -0.2) is 22.1 Å². The lowest BCUT2D eigenvalue weighted by molar-refractivity contribution is 1.26. The zero-order chi connectivity index (χ0) is 10.3. The van der Waals surface area contributed by atoms with Crippen molar-refractivity contribution in [1.82, 2.24) is 9.32 Å². The van der Waals surface area contributed by atoms with Crippen LogP contribution in [0.5, 0.6) is 0 Å². The number of fused-ring (bicyclic) bond motifs is 1. The molecule has 2 aromatic heterocycles. The van der Waals surface area contributed by atoms with Gasteiger partial charge < -0.3 is 4.34 Å². The van der Waals surface area contributed by atoms with Gasteiger partial charge in [-0.15, -0.1) is 0 Å². The van der Waals surface area contributed by atoms with Crippen molar-refractivity contribution in [3.63, 3.8) is 0 Å². The first-order valence-electron chi connectivity index (χ1n) is 4.78. The highest BCUT2D eigenvalue weighted by Gasteiger charge is 2.09. The third-order valence-corrected chi connectivity index (χ3v) is 2.99. The Morgan fingerprint density at radius 1 is 1.33 bits per heavy atom. The Kier molecular flexibility index (Phi) is 1.93. The maximum absolute atomic E-state index is 4.34. The van der Waals surface area contributed by atoms with E-state index >= 15 is 0 Å². The number of nitrogens with zero attached hydrogens (tertiary/aromatic N) is 3. The average molecular weight is 215 g/mol. The summed E-state index contributed by atoms with van der Waals surface area (Å²) in [5.41, 5.74) is 3.39. The molecule has 15 heavy (non-hydrogen) atoms. The fraction of sp³-hybridized carbons (Fsp3) is 0.0909. The van der Waals surface area contributed by atoms with Crippen LogP contribution in [0.25, 0.3) is 16.6 Å². The molecule has 1 atom stereocenters. The molecule has 0 radical (unpaired) electrons. The van der Waals surface area contributed by atoms with Gasteiger partial charge in [-0.3, -0.25) is 4.99 Å². The Labute approximate surface area is 89.8 Å². The molecule has 0 aliphatic carbocycles. The van der Waals surface area contributed by atoms with E-state index in [4.69, 9.17) is 0 Å². The van der Waals surface area contributed by atoms with Gasteiger partial charge >= 0.3 is 0 Å². The first-order chi connectivity index (χ1) is 7.36. The van der Waals surface area contributed by atoms with E-state index in [1.54, 1.807) is 0 Å². The summed E-state index contributed by atoms with van der Waals surface area (Å²) in [6.07, 6.45) is 7.90. The fourth-order valence-corrected chi connectivity index (χ4v) is 2.14. The van der Waals surface area contributed by atoms with Gasteiger partial charge in [-0.05, 0) is 32.7 Å². The number of rotatable bonds is 1. The first-order valence-corrected chi connectivity index (χ1v) is 5.29. The van der Waals surface area contributed by atoms with Gasteiger partial charge in [-0.2, -0.15) is 0 Å². The molecular weight excluding hydrogens is 205 g/mol. The summed E-state index contributed by atoms with van der Waals surface area (Å²) < 4.78 is 1.95. The third-order valence-electron chi connectivity index (χ3n) is 2.57. The smallest absolute Gasteiger partial charge is 0.143 e. The monoisotopic (exact) mass is 215 g/mol. The minimum atomic E-state index is 0.792. The van der Waals surface area contributed by atoms with E-state index in [1.807, 2.05) is 29.0 Å². The summed E-state index contributed by atoms with van der Waals surface area (Å²) in [5, 5.41) is 1.17. The topological polar surface area (TPSA) is 30.2 Å². The van der Waals surface area contributed by atoms with Crippen molar-refractivity contribution in [3.05, 3.63) is 36.2 Å². The molecule has 0 saturated carbocycles. The molecule has 0 spiro atoms. The van der Waals surface area contributed by atoms with E-state index in [0.29, 0.717) is 0 Å². The van der Waals surface area contributed by atoms with Crippen LogP contribution in [0.2, 0.25) is 0 Å². The number of hydrogen-bond acceptors (Lipinski definition) is 2. The molecule has 2 aromatic rings. The van der Waals surface area contributed by atoms with Crippen LogP contribution in [0.1, 0.15) is 5.56 Å². The number of pyridine rings is 1. The number of hydrogen-bond donors (Lipinski definition) is 0. The van der Waals surface area contributed by atoms with Gasteiger partial charge in [-0.1, -0.05) is 6.08 Å². The van der Waals surface area contributed by atoms with E-state index in [-0.39, 0.29) is 0 Å². The van der Waals surface area contributed by atoms with Crippen LogP contribution in [-0.2, 0) is 0 Å². The predicted molar refractivity (Wildman–Crippen MR) is 66.2 cm³/mol. The molecule has 3 rings (SSSR count). The van der Waals surface area contributed by atoms with Crippen LogP contribution in [0.3, 0.4) is 0 Å². The predicted octanol–water partition coefficient (Wildman–Crippen LogP) is 2.14. The van der Waals surface area contributed by atoms with Crippen molar-refractivity contribution in [2.75, 3.05) is 6.54 Å². The largest absolute Gasteiger partial charge is 0.317 e. The van der Waals surface area contributed by atoms with Gasteiger partial charge in [0.25, 0.3) is 0 Å². The number of allylic oxidation sites excluding steroid dienone is 1. The van der Waals surface area contributed by atoms with Crippen molar-refractivity contribution in [2.24, 2.45) is 4.99 Å². The van der Waals surface area contributed by atoms with Gasteiger partial charge in [0.2, 0.25) is 0 Å². The molecule has 0 bridgehead atoms. The molecule has 0 saturated heterocycles. The summed E-state index contributed by atoms with van der Waals surface area (Å²) in [6, 6.07) is 4.12. The normalized spacial score (nSPS) is 14.9. The summed E-state index contributed by atoms with van der Waals surface area (Å²) in [6.45, 7) is 0.792. The lowest BCUT2D eigenvalue weighted by Crippen LogP contribution is -1.87. The summed E-state index contributed by atoms with van der Waals surface area (Å²) in [5.74, 6) is 0. The second-order valence-corrected chi connectivity index (χ2v) is 4.03. The van der Waals surface area contributed by atoms with Gasteiger partial charge in [0.1, 0.15) is 5.65 Å². The van der Waals surface area contributed by atoms with Gasteiger partial charge in [0.05, 0.1) is 6.54 Å². The molecule has 74 valence electrons. The third kappa shape index (κ3) is 1.31. The molecule has 4 heteroatoms. The van der Waals surface area contributed by atoms with Gasteiger partial charge in [-0.25, -0.2) is 4.98 Å². The van der Waals surface area contributed by atoms with Crippen molar-refractivity contribution >= 4 is 32.2 Å². The molecule has 3 heterocycles. The Hall–Kier alpha value is -1.47. The molecule has 0 amide bonds. The van der Waals surface area contributed by atoms with E-state index in [0.717, 1.165) is 12.2 Å². The van der Waals surface area contributed by atoms with Gasteiger partial charge in [0.15, 0.2) is 0 Å². The Bertz CT molecular complexity index is 581. The van der Waals surface area contributed by atoms with Crippen LogP contribution < -0.4 is 0 Å². The second-order valence-electron chi connectivity index (χ2n) is 3.47. The number of aliphatic imine (C=N–C) groups is 1. The van der Waals surface area contributed by atoms with E-state index in [1.165, 1.54) is 16.5 Å². The minimum absolute atomic E-state index is 0.792. The Morgan fingerprint density at radius 2 is 2.27 bits per heavy atom. The first kappa shape index (κ1) is 8.81. The molecular formula is C11H10N3P. The minimum Gasteiger partial charge on any atom is -0.317 e. The molecule has 1 unspecified atom stereocenters. The zero-order valence-corrected chi connectivity index (χ0v) is 9.24. The fourth-order valence-electron chi connectivity index (χ4n) is 1.84. The highest BCUT2D eigenvalue weighted by molar-refractivity contribution is 7.14. The molecule has 3 nitrogen and oxygen atoms in total. The van der Waals surface area contributed by atoms with Crippen molar-refractivity contribution in [1.29, 1.82) is 0 Å². The second kappa shape index (κ2) is 3.28. The van der Waals surface area contributed by atoms with Crippen molar-refractivity contribution in [2.45, 2.75) is 0 Å². The zero-order valence-electron chi connectivity index (χ0n) is 8.09. The molecule has 0 N–H and O–H groups in total. The SMILES string of the molecule is Pn1ccc2c(C3=CCN=C3)ccnc21. The van der Waals surface area contributed by atoms with Crippen molar-refractivity contribution in [3.8, 4) is 0 Å². The van der Waals surface area contributed by atoms with Crippen LogP contribution in [0, 0.1) is 0 Å². The van der Waals surface area contributed by atoms with Crippen LogP contribution in [0.4, 0.5) is 0 Å². The quantitative estimate of drug-likeness (QED) is 0.670. The molecule has 1 aliphatic heterocycles. The highest BCUT2D eigenvalue weighted by atomic mass is 31.0. The molecule has 0 fully saturated rings. The van der Waals surface area contributed by atoms with Gasteiger partial charge in [0, 0.05) is 24.0 Å². The highest BCUT2D eigenvalue weighted by Crippen LogP contribution is 2.25. The standard InChI is InChI=1S/C11H10N3P/c15-14-6-3-10-9(2-5-13-11(10)14)8-1-4-12-7-8/h1-3,5-7H,4,15H2. The Balaban J connectivity index is 2.31. The van der Waals surface area contributed by atoms with E-state index in [2.05, 4.69) is 31.5 Å². The number of aromatic nitrogens is 2. The molecule has 1 aliphatic rings. The lowest BCUT2D eigenvalue weighted by Gasteiger charge is -2.01. The lowest BCUT2D eigenvalue weighted by atomic mass is 10.1. The van der Waals surface area contributed by atoms with E-state index < -0.39 is 0 Å². The maximum Gasteiger partial charge on any atom is 0.143 e. The summed E-state index contributed by atoms with van der Waals surface area (Å²) in [4.78, 5) is 8.55. The van der Waals surface area contributed by atoms with Crippen molar-refractivity contribution < 1.29 is 0 Å². The van der Waals surface area contributed by atoms with Crippen LogP contribution in [0.15, 0.2) is 35.6 Å². The maximum atomic E-state index is 4.34.